The number of H-pyrrole nitrogens is 1. The summed E-state index contributed by atoms with van der Waals surface area (Å²) in [6, 6.07) is 10.4. The van der Waals surface area contributed by atoms with Crippen LogP contribution in [0.4, 0.5) is 4.39 Å². The monoisotopic (exact) mass is 422 g/mol. The molecule has 0 spiro atoms. The van der Waals surface area contributed by atoms with Crippen LogP contribution in [0.2, 0.25) is 5.02 Å². The van der Waals surface area contributed by atoms with Gasteiger partial charge in [0.1, 0.15) is 11.9 Å². The third kappa shape index (κ3) is 3.64. The average molecular weight is 423 g/mol. The van der Waals surface area contributed by atoms with Crippen molar-refractivity contribution < 1.29 is 9.13 Å². The summed E-state index contributed by atoms with van der Waals surface area (Å²) in [5.41, 5.74) is 3.59. The Bertz CT molecular complexity index is 1180. The molecule has 1 aliphatic rings. The first kappa shape index (κ1) is 19.0. The molecule has 1 unspecified atom stereocenters. The minimum Gasteiger partial charge on any atom is -0.472 e. The second kappa shape index (κ2) is 8.05. The van der Waals surface area contributed by atoms with Gasteiger partial charge in [-0.05, 0) is 49.2 Å². The Balaban J connectivity index is 1.53. The van der Waals surface area contributed by atoms with E-state index in [1.54, 1.807) is 24.5 Å². The summed E-state index contributed by atoms with van der Waals surface area (Å²) in [7, 11) is 0. The fraction of sp³-hybridized carbons (Fsp3) is 0.217. The molecule has 1 atom stereocenters. The molecule has 4 aromatic rings. The highest BCUT2D eigenvalue weighted by Gasteiger charge is 2.17. The van der Waals surface area contributed by atoms with Crippen LogP contribution in [-0.2, 0) is 0 Å². The van der Waals surface area contributed by atoms with Crippen molar-refractivity contribution in [1.29, 1.82) is 0 Å². The number of piperidine rings is 1. The largest absolute Gasteiger partial charge is 0.472 e. The minimum absolute atomic E-state index is 0.0982. The molecule has 5 nitrogen and oxygen atoms in total. The number of halogens is 2. The normalized spacial score (nSPS) is 16.7. The Morgan fingerprint density at radius 2 is 2.10 bits per heavy atom. The van der Waals surface area contributed by atoms with E-state index < -0.39 is 0 Å². The highest BCUT2D eigenvalue weighted by molar-refractivity contribution is 6.33. The van der Waals surface area contributed by atoms with E-state index in [2.05, 4.69) is 20.3 Å². The Kier molecular flexibility index (Phi) is 5.11. The van der Waals surface area contributed by atoms with Gasteiger partial charge in [0.2, 0.25) is 5.88 Å². The molecule has 1 fully saturated rings. The van der Waals surface area contributed by atoms with Gasteiger partial charge in [0.15, 0.2) is 0 Å². The SMILES string of the molecule is Fc1cccc(Cl)c1-c1ccc2[nH]cc(-c3cncc(OC4CCCNC4)n3)c2c1. The van der Waals surface area contributed by atoms with Crippen molar-refractivity contribution in [3.8, 4) is 28.3 Å². The Morgan fingerprint density at radius 3 is 2.93 bits per heavy atom. The van der Waals surface area contributed by atoms with Crippen molar-refractivity contribution in [3.05, 3.63) is 65.8 Å². The highest BCUT2D eigenvalue weighted by atomic mass is 35.5. The van der Waals surface area contributed by atoms with Crippen molar-refractivity contribution in [2.45, 2.75) is 18.9 Å². The summed E-state index contributed by atoms with van der Waals surface area (Å²) in [6.07, 6.45) is 7.41. The van der Waals surface area contributed by atoms with Crippen molar-refractivity contribution in [1.82, 2.24) is 20.3 Å². The van der Waals surface area contributed by atoms with Gasteiger partial charge in [-0.2, -0.15) is 0 Å². The molecule has 152 valence electrons. The maximum absolute atomic E-state index is 14.4. The smallest absolute Gasteiger partial charge is 0.233 e. The molecule has 0 aliphatic carbocycles. The van der Waals surface area contributed by atoms with Gasteiger partial charge >= 0.3 is 0 Å². The molecule has 7 heteroatoms. The molecule has 3 heterocycles. The van der Waals surface area contributed by atoms with Crippen molar-refractivity contribution >= 4 is 22.5 Å². The Hall–Kier alpha value is -2.96. The number of aromatic nitrogens is 3. The summed E-state index contributed by atoms with van der Waals surface area (Å²) in [6.45, 7) is 1.83. The van der Waals surface area contributed by atoms with Crippen LogP contribution in [0.15, 0.2) is 55.0 Å². The van der Waals surface area contributed by atoms with E-state index in [1.165, 1.54) is 6.07 Å². The summed E-state index contributed by atoms with van der Waals surface area (Å²) < 4.78 is 20.4. The van der Waals surface area contributed by atoms with Crippen LogP contribution in [0, 0.1) is 5.82 Å². The number of hydrogen-bond donors (Lipinski definition) is 2. The van der Waals surface area contributed by atoms with Gasteiger partial charge in [-0.15, -0.1) is 0 Å². The van der Waals surface area contributed by atoms with E-state index >= 15 is 0 Å². The van der Waals surface area contributed by atoms with Crippen molar-refractivity contribution in [2.24, 2.45) is 0 Å². The molecule has 5 rings (SSSR count). The lowest BCUT2D eigenvalue weighted by Crippen LogP contribution is -2.37. The fourth-order valence-electron chi connectivity index (χ4n) is 3.89. The number of hydrogen-bond acceptors (Lipinski definition) is 4. The molecule has 2 aromatic heterocycles. The fourth-order valence-corrected chi connectivity index (χ4v) is 4.16. The summed E-state index contributed by atoms with van der Waals surface area (Å²) in [5, 5.41) is 4.62. The number of ether oxygens (including phenoxy) is 1. The number of benzene rings is 2. The maximum Gasteiger partial charge on any atom is 0.233 e. The van der Waals surface area contributed by atoms with E-state index in [-0.39, 0.29) is 11.9 Å². The van der Waals surface area contributed by atoms with Gasteiger partial charge in [-0.3, -0.25) is 4.98 Å². The van der Waals surface area contributed by atoms with Gasteiger partial charge in [0.05, 0.1) is 23.1 Å². The molecule has 30 heavy (non-hydrogen) atoms. The third-order valence-corrected chi connectivity index (χ3v) is 5.68. The van der Waals surface area contributed by atoms with Crippen molar-refractivity contribution in [3.63, 3.8) is 0 Å². The summed E-state index contributed by atoms with van der Waals surface area (Å²) in [4.78, 5) is 12.2. The van der Waals surface area contributed by atoms with E-state index in [0.29, 0.717) is 27.7 Å². The van der Waals surface area contributed by atoms with Crippen LogP contribution in [0.5, 0.6) is 5.88 Å². The maximum atomic E-state index is 14.4. The van der Waals surface area contributed by atoms with Gasteiger partial charge in [-0.25, -0.2) is 9.37 Å². The number of nitrogens with one attached hydrogen (secondary N) is 2. The number of rotatable bonds is 4. The second-order valence-electron chi connectivity index (χ2n) is 7.39. The first-order chi connectivity index (χ1) is 14.7. The Morgan fingerprint density at radius 1 is 1.17 bits per heavy atom. The lowest BCUT2D eigenvalue weighted by molar-refractivity contribution is 0.160. The molecule has 1 saturated heterocycles. The van der Waals surface area contributed by atoms with E-state index in [1.807, 2.05) is 24.4 Å². The molecule has 0 saturated carbocycles. The molecule has 0 amide bonds. The molecule has 2 aromatic carbocycles. The molecule has 1 aliphatic heterocycles. The first-order valence-electron chi connectivity index (χ1n) is 9.94. The van der Waals surface area contributed by atoms with Crippen LogP contribution in [0.1, 0.15) is 12.8 Å². The topological polar surface area (TPSA) is 62.8 Å². The lowest BCUT2D eigenvalue weighted by atomic mass is 10.0. The van der Waals surface area contributed by atoms with Crippen LogP contribution in [0.3, 0.4) is 0 Å². The predicted molar refractivity (Wildman–Crippen MR) is 116 cm³/mol. The zero-order valence-corrected chi connectivity index (χ0v) is 16.9. The molecule has 2 N–H and O–H groups in total. The van der Waals surface area contributed by atoms with Gasteiger partial charge in [-0.1, -0.05) is 23.7 Å². The van der Waals surface area contributed by atoms with Crippen LogP contribution >= 0.6 is 11.6 Å². The molecular weight excluding hydrogens is 403 g/mol. The predicted octanol–water partition coefficient (Wildman–Crippen LogP) is 5.22. The second-order valence-corrected chi connectivity index (χ2v) is 7.80. The van der Waals surface area contributed by atoms with Gasteiger partial charge < -0.3 is 15.0 Å². The van der Waals surface area contributed by atoms with Crippen LogP contribution < -0.4 is 10.1 Å². The zero-order valence-electron chi connectivity index (χ0n) is 16.2. The highest BCUT2D eigenvalue weighted by Crippen LogP contribution is 2.35. The number of fused-ring (bicyclic) bond motifs is 1. The molecule has 0 bridgehead atoms. The molecule has 0 radical (unpaired) electrons. The zero-order chi connectivity index (χ0) is 20.5. The van der Waals surface area contributed by atoms with Gasteiger partial charge in [0.25, 0.3) is 0 Å². The standard InChI is InChI=1S/C23H20ClFN4O/c24-18-4-1-5-19(25)23(18)14-6-7-20-16(9-14)17(11-28-20)21-12-27-13-22(29-21)30-15-3-2-8-26-10-15/h1,4-7,9,11-13,15,26,28H,2-3,8,10H2. The number of aromatic amines is 1. The summed E-state index contributed by atoms with van der Waals surface area (Å²) >= 11 is 6.27. The first-order valence-corrected chi connectivity index (χ1v) is 10.3. The van der Waals surface area contributed by atoms with Crippen molar-refractivity contribution in [2.75, 3.05) is 13.1 Å². The Labute approximate surface area is 178 Å². The van der Waals surface area contributed by atoms with E-state index in [0.717, 1.165) is 42.4 Å². The van der Waals surface area contributed by atoms with Gasteiger partial charge in [0, 0.05) is 34.8 Å². The third-order valence-electron chi connectivity index (χ3n) is 5.36. The number of nitrogens with zero attached hydrogens (tertiary/aromatic N) is 2. The average Bonchev–Trinajstić information content (AvgIpc) is 3.18. The minimum atomic E-state index is -0.352. The van der Waals surface area contributed by atoms with E-state index in [4.69, 9.17) is 16.3 Å². The lowest BCUT2D eigenvalue weighted by Gasteiger charge is -2.23. The summed E-state index contributed by atoms with van der Waals surface area (Å²) in [5.74, 6) is 0.152. The van der Waals surface area contributed by atoms with Crippen LogP contribution in [-0.4, -0.2) is 34.1 Å². The quantitative estimate of drug-likeness (QED) is 0.473. The van der Waals surface area contributed by atoms with E-state index in [9.17, 15) is 4.39 Å². The molecular formula is C23H20ClFN4O. The van der Waals surface area contributed by atoms with Crippen LogP contribution in [0.25, 0.3) is 33.3 Å².